The van der Waals surface area contributed by atoms with Crippen molar-refractivity contribution in [2.45, 2.75) is 32.7 Å². The smallest absolute Gasteiger partial charge is 0.274 e. The zero-order valence-corrected chi connectivity index (χ0v) is 16.2. The summed E-state index contributed by atoms with van der Waals surface area (Å²) in [6, 6.07) is 17.0. The van der Waals surface area contributed by atoms with E-state index in [1.807, 2.05) is 53.4 Å². The van der Waals surface area contributed by atoms with Gasteiger partial charge in [0.2, 0.25) is 0 Å². The van der Waals surface area contributed by atoms with E-state index >= 15 is 0 Å². The van der Waals surface area contributed by atoms with Gasteiger partial charge in [0.05, 0.1) is 11.9 Å². The standard InChI is InChI=1S/C23H25N3O2/c1-17-8-7-14-25(15-13-17)23(28)21-19-11-5-6-12-20(19)22(27)26(24-21)16-18-9-3-2-4-10-18/h2-6,9-12,17H,7-8,13-16H2,1H3. The molecule has 0 aliphatic carbocycles. The minimum absolute atomic E-state index is 0.0767. The van der Waals surface area contributed by atoms with Gasteiger partial charge in [-0.25, -0.2) is 4.68 Å². The molecule has 0 N–H and O–H groups in total. The van der Waals surface area contributed by atoms with Crippen molar-refractivity contribution in [1.29, 1.82) is 0 Å². The molecule has 0 radical (unpaired) electrons. The van der Waals surface area contributed by atoms with E-state index in [4.69, 9.17) is 0 Å². The first-order valence-electron chi connectivity index (χ1n) is 9.96. The number of amides is 1. The molecule has 1 aliphatic rings. The first-order chi connectivity index (χ1) is 13.6. The van der Waals surface area contributed by atoms with Crippen LogP contribution < -0.4 is 5.56 Å². The molecule has 0 saturated carbocycles. The third-order valence-electron chi connectivity index (χ3n) is 5.55. The van der Waals surface area contributed by atoms with Gasteiger partial charge < -0.3 is 4.90 Å². The fraction of sp³-hybridized carbons (Fsp3) is 0.348. The summed E-state index contributed by atoms with van der Waals surface area (Å²) in [5.74, 6) is 0.557. The van der Waals surface area contributed by atoms with Gasteiger partial charge >= 0.3 is 0 Å². The maximum atomic E-state index is 13.3. The molecule has 0 spiro atoms. The Kier molecular flexibility index (Phi) is 5.24. The fourth-order valence-electron chi connectivity index (χ4n) is 3.87. The molecule has 0 bridgehead atoms. The van der Waals surface area contributed by atoms with Crippen molar-refractivity contribution >= 4 is 16.7 Å². The van der Waals surface area contributed by atoms with Gasteiger partial charge in [-0.05, 0) is 36.8 Å². The maximum absolute atomic E-state index is 13.3. The second kappa shape index (κ2) is 7.97. The molecule has 28 heavy (non-hydrogen) atoms. The van der Waals surface area contributed by atoms with E-state index in [2.05, 4.69) is 12.0 Å². The van der Waals surface area contributed by atoms with Crippen LogP contribution in [-0.2, 0) is 6.54 Å². The van der Waals surface area contributed by atoms with Gasteiger partial charge in [0.1, 0.15) is 0 Å². The fourth-order valence-corrected chi connectivity index (χ4v) is 3.87. The van der Waals surface area contributed by atoms with Gasteiger partial charge in [0.25, 0.3) is 11.5 Å². The summed E-state index contributed by atoms with van der Waals surface area (Å²) in [6.45, 7) is 4.08. The Bertz CT molecular complexity index is 1040. The van der Waals surface area contributed by atoms with Crippen molar-refractivity contribution in [3.63, 3.8) is 0 Å². The largest absolute Gasteiger partial charge is 0.337 e. The number of rotatable bonds is 3. The Morgan fingerprint density at radius 3 is 2.50 bits per heavy atom. The molecule has 2 heterocycles. The highest BCUT2D eigenvalue weighted by atomic mass is 16.2. The van der Waals surface area contributed by atoms with Crippen LogP contribution in [0.15, 0.2) is 59.4 Å². The van der Waals surface area contributed by atoms with Crippen molar-refractivity contribution in [2.75, 3.05) is 13.1 Å². The zero-order chi connectivity index (χ0) is 19.5. The second-order valence-corrected chi connectivity index (χ2v) is 7.67. The molecule has 144 valence electrons. The van der Waals surface area contributed by atoms with Crippen LogP contribution in [0.2, 0.25) is 0 Å². The van der Waals surface area contributed by atoms with Crippen LogP contribution in [0.5, 0.6) is 0 Å². The lowest BCUT2D eigenvalue weighted by atomic mass is 10.0. The van der Waals surface area contributed by atoms with Crippen molar-refractivity contribution < 1.29 is 4.79 Å². The number of carbonyl (C=O) groups excluding carboxylic acids is 1. The second-order valence-electron chi connectivity index (χ2n) is 7.67. The summed E-state index contributed by atoms with van der Waals surface area (Å²) in [5.41, 5.74) is 1.19. The number of nitrogens with zero attached hydrogens (tertiary/aromatic N) is 3. The summed E-state index contributed by atoms with van der Waals surface area (Å²) in [5, 5.41) is 5.71. The minimum atomic E-state index is -0.166. The lowest BCUT2D eigenvalue weighted by Crippen LogP contribution is -2.35. The number of hydrogen-bond acceptors (Lipinski definition) is 3. The van der Waals surface area contributed by atoms with E-state index in [1.165, 1.54) is 4.68 Å². The SMILES string of the molecule is CC1CCCN(C(=O)c2nn(Cc3ccccc3)c(=O)c3ccccc23)CC1. The van der Waals surface area contributed by atoms with E-state index in [-0.39, 0.29) is 11.5 Å². The van der Waals surface area contributed by atoms with Crippen molar-refractivity contribution in [3.8, 4) is 0 Å². The van der Waals surface area contributed by atoms with Crippen molar-refractivity contribution in [2.24, 2.45) is 5.92 Å². The Labute approximate surface area is 164 Å². The summed E-state index contributed by atoms with van der Waals surface area (Å²) >= 11 is 0. The van der Waals surface area contributed by atoms with Gasteiger partial charge in [0.15, 0.2) is 5.69 Å². The number of aromatic nitrogens is 2. The average molecular weight is 375 g/mol. The van der Waals surface area contributed by atoms with Crippen molar-refractivity contribution in [1.82, 2.24) is 14.7 Å². The quantitative estimate of drug-likeness (QED) is 0.701. The Hall–Kier alpha value is -2.95. The lowest BCUT2D eigenvalue weighted by molar-refractivity contribution is 0.0754. The number of carbonyl (C=O) groups is 1. The molecular formula is C23H25N3O2. The minimum Gasteiger partial charge on any atom is -0.337 e. The van der Waals surface area contributed by atoms with Crippen LogP contribution >= 0.6 is 0 Å². The van der Waals surface area contributed by atoms with E-state index in [1.54, 1.807) is 6.07 Å². The first-order valence-corrected chi connectivity index (χ1v) is 9.96. The van der Waals surface area contributed by atoms with Crippen LogP contribution in [0.3, 0.4) is 0 Å². The molecule has 1 fully saturated rings. The normalized spacial score (nSPS) is 17.5. The first kappa shape index (κ1) is 18.4. The molecule has 5 heteroatoms. The highest BCUT2D eigenvalue weighted by Gasteiger charge is 2.24. The molecule has 1 amide bonds. The van der Waals surface area contributed by atoms with Gasteiger partial charge in [0, 0.05) is 18.5 Å². The molecular weight excluding hydrogens is 350 g/mol. The molecule has 5 nitrogen and oxygen atoms in total. The van der Waals surface area contributed by atoms with Crippen LogP contribution in [0.25, 0.3) is 10.8 Å². The molecule has 1 aromatic heterocycles. The number of likely N-dealkylation sites (tertiary alicyclic amines) is 1. The number of benzene rings is 2. The summed E-state index contributed by atoms with van der Waals surface area (Å²) in [4.78, 5) is 28.2. The molecule has 1 atom stereocenters. The maximum Gasteiger partial charge on any atom is 0.274 e. The highest BCUT2D eigenvalue weighted by molar-refractivity contribution is 6.04. The molecule has 1 aliphatic heterocycles. The monoisotopic (exact) mass is 375 g/mol. The predicted molar refractivity (Wildman–Crippen MR) is 110 cm³/mol. The molecule has 1 saturated heterocycles. The Morgan fingerprint density at radius 2 is 1.71 bits per heavy atom. The number of fused-ring (bicyclic) bond motifs is 1. The van der Waals surface area contributed by atoms with E-state index in [9.17, 15) is 9.59 Å². The Balaban J connectivity index is 1.77. The van der Waals surface area contributed by atoms with Gasteiger partial charge in [-0.3, -0.25) is 9.59 Å². The van der Waals surface area contributed by atoms with E-state index < -0.39 is 0 Å². The lowest BCUT2D eigenvalue weighted by Gasteiger charge is -2.21. The molecule has 1 unspecified atom stereocenters. The van der Waals surface area contributed by atoms with Gasteiger partial charge in [-0.15, -0.1) is 0 Å². The highest BCUT2D eigenvalue weighted by Crippen LogP contribution is 2.20. The molecule has 4 rings (SSSR count). The predicted octanol–water partition coefficient (Wildman–Crippen LogP) is 3.71. The third-order valence-corrected chi connectivity index (χ3v) is 5.55. The topological polar surface area (TPSA) is 55.2 Å². The molecule has 3 aromatic rings. The van der Waals surface area contributed by atoms with Crippen LogP contribution in [0, 0.1) is 5.92 Å². The third kappa shape index (κ3) is 3.70. The average Bonchev–Trinajstić information content (AvgIpc) is 2.95. The van der Waals surface area contributed by atoms with Crippen molar-refractivity contribution in [3.05, 3.63) is 76.2 Å². The van der Waals surface area contributed by atoms with Gasteiger partial charge in [-0.2, -0.15) is 5.10 Å². The van der Waals surface area contributed by atoms with E-state index in [0.29, 0.717) is 28.9 Å². The summed E-state index contributed by atoms with van der Waals surface area (Å²) in [7, 11) is 0. The van der Waals surface area contributed by atoms with E-state index in [0.717, 1.165) is 37.9 Å². The zero-order valence-electron chi connectivity index (χ0n) is 16.2. The summed E-state index contributed by atoms with van der Waals surface area (Å²) < 4.78 is 1.42. The summed E-state index contributed by atoms with van der Waals surface area (Å²) in [6.07, 6.45) is 3.16. The number of hydrogen-bond donors (Lipinski definition) is 0. The van der Waals surface area contributed by atoms with Crippen LogP contribution in [0.4, 0.5) is 0 Å². The molecule has 2 aromatic carbocycles. The van der Waals surface area contributed by atoms with Gasteiger partial charge in [-0.1, -0.05) is 55.5 Å². The van der Waals surface area contributed by atoms with Crippen LogP contribution in [-0.4, -0.2) is 33.7 Å². The Morgan fingerprint density at radius 1 is 1.00 bits per heavy atom. The van der Waals surface area contributed by atoms with Crippen LogP contribution in [0.1, 0.15) is 42.2 Å².